The van der Waals surface area contributed by atoms with Crippen LogP contribution in [0, 0.1) is 16.7 Å². The molecular weight excluding hydrogens is 240 g/mol. The van der Waals surface area contributed by atoms with E-state index in [-0.39, 0.29) is 11.7 Å². The quantitative estimate of drug-likeness (QED) is 0.845. The first-order chi connectivity index (χ1) is 9.07. The number of rotatable bonds is 3. The molecule has 1 N–H and O–H groups in total. The highest BCUT2D eigenvalue weighted by Gasteiger charge is 2.41. The van der Waals surface area contributed by atoms with Gasteiger partial charge in [0, 0.05) is 11.3 Å². The largest absolute Gasteiger partial charge is 0.325 e. The molecule has 1 aromatic carbocycles. The van der Waals surface area contributed by atoms with Gasteiger partial charge < -0.3 is 5.32 Å². The number of Topliss-reactive ketones (excluding diaryl/α,β-unsaturated/α-hetero) is 1. The van der Waals surface area contributed by atoms with E-state index >= 15 is 0 Å². The molecule has 0 aliphatic heterocycles. The maximum Gasteiger partial charge on any atom is 0.244 e. The van der Waals surface area contributed by atoms with Crippen LogP contribution in [0.2, 0.25) is 0 Å². The lowest BCUT2D eigenvalue weighted by molar-refractivity contribution is -0.122. The van der Waals surface area contributed by atoms with Gasteiger partial charge in [-0.15, -0.1) is 0 Å². The Bertz CT molecular complexity index is 552. The van der Waals surface area contributed by atoms with E-state index in [4.69, 9.17) is 0 Å². The second-order valence-corrected chi connectivity index (χ2v) is 4.99. The highest BCUT2D eigenvalue weighted by molar-refractivity contribution is 5.99. The summed E-state index contributed by atoms with van der Waals surface area (Å²) >= 11 is 0. The molecule has 1 amide bonds. The number of nitriles is 1. The Morgan fingerprint density at radius 3 is 2.58 bits per heavy atom. The fourth-order valence-corrected chi connectivity index (χ4v) is 2.43. The predicted molar refractivity (Wildman–Crippen MR) is 71.6 cm³/mol. The van der Waals surface area contributed by atoms with Gasteiger partial charge in [-0.3, -0.25) is 9.59 Å². The molecule has 4 nitrogen and oxygen atoms in total. The number of anilines is 1. The molecule has 0 bridgehead atoms. The van der Waals surface area contributed by atoms with Crippen molar-refractivity contribution in [1.29, 1.82) is 5.26 Å². The number of carbonyl (C=O) groups excluding carboxylic acids is 2. The molecule has 1 aromatic rings. The van der Waals surface area contributed by atoms with E-state index in [2.05, 4.69) is 11.4 Å². The lowest BCUT2D eigenvalue weighted by Crippen LogP contribution is -2.32. The number of nitrogens with one attached hydrogen (secondary N) is 1. The second-order valence-electron chi connectivity index (χ2n) is 4.99. The number of hydrogen-bond acceptors (Lipinski definition) is 3. The van der Waals surface area contributed by atoms with E-state index in [9.17, 15) is 14.9 Å². The van der Waals surface area contributed by atoms with E-state index in [1.807, 2.05) is 0 Å². The van der Waals surface area contributed by atoms with E-state index in [1.165, 1.54) is 6.92 Å². The Morgan fingerprint density at radius 1 is 1.32 bits per heavy atom. The maximum absolute atomic E-state index is 12.2. The van der Waals surface area contributed by atoms with Crippen LogP contribution in [0.1, 0.15) is 43.0 Å². The van der Waals surface area contributed by atoms with Crippen LogP contribution in [0.5, 0.6) is 0 Å². The molecule has 0 saturated heterocycles. The van der Waals surface area contributed by atoms with E-state index in [1.54, 1.807) is 24.3 Å². The van der Waals surface area contributed by atoms with Gasteiger partial charge in [-0.2, -0.15) is 5.26 Å². The van der Waals surface area contributed by atoms with Gasteiger partial charge in [-0.05, 0) is 31.9 Å². The number of hydrogen-bond donors (Lipinski definition) is 1. The minimum atomic E-state index is -0.897. The van der Waals surface area contributed by atoms with Crippen molar-refractivity contribution < 1.29 is 9.59 Å². The van der Waals surface area contributed by atoms with Crippen molar-refractivity contribution in [3.63, 3.8) is 0 Å². The zero-order valence-corrected chi connectivity index (χ0v) is 10.9. The van der Waals surface area contributed by atoms with Gasteiger partial charge in [-0.1, -0.05) is 25.0 Å². The Kier molecular flexibility index (Phi) is 3.66. The lowest BCUT2D eigenvalue weighted by atomic mass is 9.87. The van der Waals surface area contributed by atoms with Crippen molar-refractivity contribution in [3.8, 4) is 6.07 Å². The molecule has 0 radical (unpaired) electrons. The summed E-state index contributed by atoms with van der Waals surface area (Å²) in [5.74, 6) is -0.305. The van der Waals surface area contributed by atoms with Gasteiger partial charge in [-0.25, -0.2) is 0 Å². The SMILES string of the molecule is CC(=O)c1cccc(NC(=O)C2(C#N)CCCC2)c1. The average molecular weight is 256 g/mol. The Labute approximate surface area is 112 Å². The van der Waals surface area contributed by atoms with Crippen LogP contribution < -0.4 is 5.32 Å². The van der Waals surface area contributed by atoms with Crippen molar-refractivity contribution in [3.05, 3.63) is 29.8 Å². The molecule has 0 aromatic heterocycles. The molecule has 1 aliphatic carbocycles. The highest BCUT2D eigenvalue weighted by atomic mass is 16.2. The first-order valence-electron chi connectivity index (χ1n) is 6.41. The first-order valence-corrected chi connectivity index (χ1v) is 6.41. The van der Waals surface area contributed by atoms with Crippen LogP contribution in [0.4, 0.5) is 5.69 Å². The van der Waals surface area contributed by atoms with E-state index in [0.29, 0.717) is 24.1 Å². The summed E-state index contributed by atoms with van der Waals surface area (Å²) in [6.07, 6.45) is 3.05. The normalized spacial score (nSPS) is 16.6. The van der Waals surface area contributed by atoms with Crippen LogP contribution >= 0.6 is 0 Å². The van der Waals surface area contributed by atoms with E-state index < -0.39 is 5.41 Å². The summed E-state index contributed by atoms with van der Waals surface area (Å²) in [6, 6.07) is 8.95. The van der Waals surface area contributed by atoms with Crippen molar-refractivity contribution in [2.24, 2.45) is 5.41 Å². The molecule has 4 heteroatoms. The number of carbonyl (C=O) groups is 2. The maximum atomic E-state index is 12.2. The van der Waals surface area contributed by atoms with Gasteiger partial charge in [0.1, 0.15) is 5.41 Å². The number of nitrogens with zero attached hydrogens (tertiary/aromatic N) is 1. The molecule has 1 aliphatic rings. The zero-order chi connectivity index (χ0) is 13.9. The van der Waals surface area contributed by atoms with Crippen LogP contribution in [-0.2, 0) is 4.79 Å². The van der Waals surface area contributed by atoms with Crippen LogP contribution in [0.25, 0.3) is 0 Å². The van der Waals surface area contributed by atoms with E-state index in [0.717, 1.165) is 12.8 Å². The summed E-state index contributed by atoms with van der Waals surface area (Å²) < 4.78 is 0. The van der Waals surface area contributed by atoms with Crippen molar-refractivity contribution in [2.75, 3.05) is 5.32 Å². The fourth-order valence-electron chi connectivity index (χ4n) is 2.43. The molecule has 0 spiro atoms. The molecule has 0 atom stereocenters. The molecule has 0 unspecified atom stereocenters. The van der Waals surface area contributed by atoms with Gasteiger partial charge in [0.15, 0.2) is 5.78 Å². The monoisotopic (exact) mass is 256 g/mol. The summed E-state index contributed by atoms with van der Waals surface area (Å²) in [5.41, 5.74) is 0.223. The summed E-state index contributed by atoms with van der Waals surface area (Å²) in [4.78, 5) is 23.5. The van der Waals surface area contributed by atoms with Gasteiger partial charge >= 0.3 is 0 Å². The smallest absolute Gasteiger partial charge is 0.244 e. The summed E-state index contributed by atoms with van der Waals surface area (Å²) in [6.45, 7) is 1.48. The minimum Gasteiger partial charge on any atom is -0.325 e. The Morgan fingerprint density at radius 2 is 2.00 bits per heavy atom. The Balaban J connectivity index is 2.17. The predicted octanol–water partition coefficient (Wildman–Crippen LogP) is 2.91. The molecule has 2 rings (SSSR count). The van der Waals surface area contributed by atoms with Crippen molar-refractivity contribution in [1.82, 2.24) is 0 Å². The van der Waals surface area contributed by atoms with Gasteiger partial charge in [0.05, 0.1) is 6.07 Å². The lowest BCUT2D eigenvalue weighted by Gasteiger charge is -2.19. The van der Waals surface area contributed by atoms with Crippen molar-refractivity contribution in [2.45, 2.75) is 32.6 Å². The molecule has 1 saturated carbocycles. The number of benzene rings is 1. The molecular formula is C15H16N2O2. The van der Waals surface area contributed by atoms with Crippen LogP contribution in [0.3, 0.4) is 0 Å². The Hall–Kier alpha value is -2.15. The first kappa shape index (κ1) is 13.3. The molecule has 19 heavy (non-hydrogen) atoms. The van der Waals surface area contributed by atoms with Crippen LogP contribution in [0.15, 0.2) is 24.3 Å². The number of amides is 1. The van der Waals surface area contributed by atoms with Crippen LogP contribution in [-0.4, -0.2) is 11.7 Å². The zero-order valence-electron chi connectivity index (χ0n) is 10.9. The standard InChI is InChI=1S/C15H16N2O2/c1-11(18)12-5-4-6-13(9-12)17-14(19)15(10-16)7-2-3-8-15/h4-6,9H,2-3,7-8H2,1H3,(H,17,19). The topological polar surface area (TPSA) is 70.0 Å². The third kappa shape index (κ3) is 2.65. The minimum absolute atomic E-state index is 0.0491. The van der Waals surface area contributed by atoms with Gasteiger partial charge in [0.2, 0.25) is 5.91 Å². The highest BCUT2D eigenvalue weighted by Crippen LogP contribution is 2.38. The third-order valence-corrected chi connectivity index (χ3v) is 3.63. The molecule has 0 heterocycles. The molecule has 1 fully saturated rings. The van der Waals surface area contributed by atoms with Gasteiger partial charge in [0.25, 0.3) is 0 Å². The summed E-state index contributed by atoms with van der Waals surface area (Å²) in [7, 11) is 0. The average Bonchev–Trinajstić information content (AvgIpc) is 2.89. The third-order valence-electron chi connectivity index (χ3n) is 3.63. The fraction of sp³-hybridized carbons (Fsp3) is 0.400. The second kappa shape index (κ2) is 5.23. The molecule has 98 valence electrons. The van der Waals surface area contributed by atoms with Crippen molar-refractivity contribution >= 4 is 17.4 Å². The summed E-state index contributed by atoms with van der Waals surface area (Å²) in [5, 5.41) is 12.0. The number of ketones is 1.